The van der Waals surface area contributed by atoms with Gasteiger partial charge in [0.1, 0.15) is 5.75 Å². The lowest BCUT2D eigenvalue weighted by atomic mass is 10.0. The highest BCUT2D eigenvalue weighted by Gasteiger charge is 2.29. The lowest BCUT2D eigenvalue weighted by Gasteiger charge is -2.09. The van der Waals surface area contributed by atoms with Gasteiger partial charge in [-0.15, -0.1) is 0 Å². The van der Waals surface area contributed by atoms with Crippen LogP contribution in [0.3, 0.4) is 0 Å². The Hall–Kier alpha value is -2.17. The number of phenols is 1. The van der Waals surface area contributed by atoms with E-state index >= 15 is 0 Å². The van der Waals surface area contributed by atoms with Crippen molar-refractivity contribution >= 4 is 5.69 Å². The minimum Gasteiger partial charge on any atom is -0.508 e. The number of hydrogen-bond donors (Lipinski definition) is 2. The van der Waals surface area contributed by atoms with E-state index in [1.54, 1.807) is 6.07 Å². The highest BCUT2D eigenvalue weighted by atomic mass is 19.4. The van der Waals surface area contributed by atoms with Crippen molar-refractivity contribution in [2.75, 3.05) is 5.73 Å². The SMILES string of the molecule is Nc1ccc(O)cc1Cc1ccc(C(F)(F)F)cc1. The van der Waals surface area contributed by atoms with E-state index in [2.05, 4.69) is 0 Å². The Morgan fingerprint density at radius 2 is 1.63 bits per heavy atom. The Morgan fingerprint density at radius 1 is 1.00 bits per heavy atom. The van der Waals surface area contributed by atoms with E-state index in [0.29, 0.717) is 23.2 Å². The van der Waals surface area contributed by atoms with Crippen molar-refractivity contribution in [1.29, 1.82) is 0 Å². The standard InChI is InChI=1S/C14H12F3NO/c15-14(16,17)11-3-1-9(2-4-11)7-10-8-12(19)5-6-13(10)18/h1-6,8,19H,7,18H2. The molecule has 0 aliphatic rings. The Balaban J connectivity index is 2.22. The van der Waals surface area contributed by atoms with Gasteiger partial charge in [0.15, 0.2) is 0 Å². The lowest BCUT2D eigenvalue weighted by Crippen LogP contribution is -2.04. The summed E-state index contributed by atoms with van der Waals surface area (Å²) in [6.07, 6.45) is -3.96. The molecule has 0 saturated heterocycles. The molecule has 2 aromatic rings. The third-order valence-corrected chi connectivity index (χ3v) is 2.80. The molecule has 0 atom stereocenters. The van der Waals surface area contributed by atoms with E-state index in [4.69, 9.17) is 5.73 Å². The van der Waals surface area contributed by atoms with Crippen LogP contribution in [0.1, 0.15) is 16.7 Å². The van der Waals surface area contributed by atoms with Gasteiger partial charge in [0, 0.05) is 5.69 Å². The molecule has 0 heterocycles. The molecule has 0 radical (unpaired) electrons. The van der Waals surface area contributed by atoms with Gasteiger partial charge in [-0.25, -0.2) is 0 Å². The first kappa shape index (κ1) is 13.3. The topological polar surface area (TPSA) is 46.2 Å². The highest BCUT2D eigenvalue weighted by Crippen LogP contribution is 2.29. The molecule has 0 saturated carbocycles. The molecule has 0 aromatic heterocycles. The molecule has 5 heteroatoms. The quantitative estimate of drug-likeness (QED) is 0.645. The zero-order valence-corrected chi connectivity index (χ0v) is 9.91. The first-order valence-electron chi connectivity index (χ1n) is 5.60. The van der Waals surface area contributed by atoms with Crippen molar-refractivity contribution < 1.29 is 18.3 Å². The largest absolute Gasteiger partial charge is 0.508 e. The van der Waals surface area contributed by atoms with Crippen LogP contribution in [0.25, 0.3) is 0 Å². The summed E-state index contributed by atoms with van der Waals surface area (Å²) in [6, 6.07) is 9.43. The smallest absolute Gasteiger partial charge is 0.416 e. The van der Waals surface area contributed by atoms with E-state index in [9.17, 15) is 18.3 Å². The molecule has 0 unspecified atom stereocenters. The third-order valence-electron chi connectivity index (χ3n) is 2.80. The molecule has 19 heavy (non-hydrogen) atoms. The Kier molecular flexibility index (Phi) is 3.38. The normalized spacial score (nSPS) is 11.5. The van der Waals surface area contributed by atoms with Gasteiger partial charge in [-0.2, -0.15) is 13.2 Å². The maximum absolute atomic E-state index is 12.4. The van der Waals surface area contributed by atoms with Crippen molar-refractivity contribution in [1.82, 2.24) is 0 Å². The van der Waals surface area contributed by atoms with Gasteiger partial charge in [-0.1, -0.05) is 12.1 Å². The maximum atomic E-state index is 12.4. The summed E-state index contributed by atoms with van der Waals surface area (Å²) in [5.41, 5.74) is 6.94. The van der Waals surface area contributed by atoms with Crippen LogP contribution >= 0.6 is 0 Å². The number of aromatic hydroxyl groups is 1. The van der Waals surface area contributed by atoms with Crippen LogP contribution in [0.15, 0.2) is 42.5 Å². The van der Waals surface area contributed by atoms with Crippen molar-refractivity contribution in [3.05, 3.63) is 59.2 Å². The molecule has 2 nitrogen and oxygen atoms in total. The van der Waals surface area contributed by atoms with Gasteiger partial charge in [0.05, 0.1) is 5.56 Å². The predicted molar refractivity (Wildman–Crippen MR) is 66.8 cm³/mol. The number of alkyl halides is 3. The molecule has 0 bridgehead atoms. The first-order valence-corrected chi connectivity index (χ1v) is 5.60. The van der Waals surface area contributed by atoms with Crippen molar-refractivity contribution in [2.45, 2.75) is 12.6 Å². The Labute approximate surface area is 108 Å². The second-order valence-electron chi connectivity index (χ2n) is 4.25. The summed E-state index contributed by atoms with van der Waals surface area (Å²) >= 11 is 0. The number of hydrogen-bond acceptors (Lipinski definition) is 2. The molecular weight excluding hydrogens is 255 g/mol. The van der Waals surface area contributed by atoms with Crippen LogP contribution in [-0.2, 0) is 12.6 Å². The molecule has 100 valence electrons. The van der Waals surface area contributed by atoms with E-state index in [1.165, 1.54) is 24.3 Å². The number of phenolic OH excluding ortho intramolecular Hbond substituents is 1. The van der Waals surface area contributed by atoms with Crippen LogP contribution < -0.4 is 5.73 Å². The van der Waals surface area contributed by atoms with Crippen LogP contribution in [-0.4, -0.2) is 5.11 Å². The minimum atomic E-state index is -4.33. The van der Waals surface area contributed by atoms with Crippen molar-refractivity contribution in [3.63, 3.8) is 0 Å². The second-order valence-corrected chi connectivity index (χ2v) is 4.25. The zero-order chi connectivity index (χ0) is 14.0. The average molecular weight is 267 g/mol. The van der Waals surface area contributed by atoms with Crippen molar-refractivity contribution in [2.24, 2.45) is 0 Å². The molecule has 2 rings (SSSR count). The number of halogens is 3. The molecule has 3 N–H and O–H groups in total. The average Bonchev–Trinajstić information content (AvgIpc) is 2.33. The van der Waals surface area contributed by atoms with E-state index < -0.39 is 11.7 Å². The number of benzene rings is 2. The summed E-state index contributed by atoms with van der Waals surface area (Å²) < 4.78 is 37.2. The summed E-state index contributed by atoms with van der Waals surface area (Å²) in [6.45, 7) is 0. The van der Waals surface area contributed by atoms with Crippen LogP contribution in [0, 0.1) is 0 Å². The van der Waals surface area contributed by atoms with E-state index in [0.717, 1.165) is 12.1 Å². The first-order chi connectivity index (χ1) is 8.86. The van der Waals surface area contributed by atoms with Gasteiger partial charge in [0.25, 0.3) is 0 Å². The van der Waals surface area contributed by atoms with Crippen molar-refractivity contribution in [3.8, 4) is 5.75 Å². The molecule has 0 spiro atoms. The monoisotopic (exact) mass is 267 g/mol. The molecular formula is C14H12F3NO. The molecule has 0 fully saturated rings. The van der Waals surface area contributed by atoms with Crippen LogP contribution in [0.2, 0.25) is 0 Å². The summed E-state index contributed by atoms with van der Waals surface area (Å²) in [5.74, 6) is 0.0797. The minimum absolute atomic E-state index is 0.0797. The fourth-order valence-corrected chi connectivity index (χ4v) is 1.78. The van der Waals surface area contributed by atoms with Crippen LogP contribution in [0.4, 0.5) is 18.9 Å². The van der Waals surface area contributed by atoms with Gasteiger partial charge in [-0.3, -0.25) is 0 Å². The lowest BCUT2D eigenvalue weighted by molar-refractivity contribution is -0.137. The predicted octanol–water partition coefficient (Wildman–Crippen LogP) is 3.58. The van der Waals surface area contributed by atoms with Gasteiger partial charge in [-0.05, 0) is 47.9 Å². The summed E-state index contributed by atoms with van der Waals surface area (Å²) in [5, 5.41) is 9.36. The van der Waals surface area contributed by atoms with Crippen LogP contribution in [0.5, 0.6) is 5.75 Å². The molecule has 2 aromatic carbocycles. The van der Waals surface area contributed by atoms with Gasteiger partial charge >= 0.3 is 6.18 Å². The molecule has 0 amide bonds. The summed E-state index contributed by atoms with van der Waals surface area (Å²) in [4.78, 5) is 0. The molecule has 0 aliphatic carbocycles. The van der Waals surface area contributed by atoms with E-state index in [1.807, 2.05) is 0 Å². The second kappa shape index (κ2) is 4.84. The number of anilines is 1. The Bertz CT molecular complexity index is 576. The number of rotatable bonds is 2. The fraction of sp³-hybridized carbons (Fsp3) is 0.143. The van der Waals surface area contributed by atoms with Gasteiger partial charge in [0.2, 0.25) is 0 Å². The Morgan fingerprint density at radius 3 is 2.21 bits per heavy atom. The summed E-state index contributed by atoms with van der Waals surface area (Å²) in [7, 11) is 0. The number of nitrogen functional groups attached to an aromatic ring is 1. The van der Waals surface area contributed by atoms with E-state index in [-0.39, 0.29) is 5.75 Å². The third kappa shape index (κ3) is 3.19. The fourth-order valence-electron chi connectivity index (χ4n) is 1.78. The highest BCUT2D eigenvalue weighted by molar-refractivity contribution is 5.52. The zero-order valence-electron chi connectivity index (χ0n) is 9.91. The molecule has 0 aliphatic heterocycles. The van der Waals surface area contributed by atoms with Gasteiger partial charge < -0.3 is 10.8 Å². The maximum Gasteiger partial charge on any atom is 0.416 e. The number of nitrogens with two attached hydrogens (primary N) is 1.